The number of nitriles is 1. The molecule has 0 fully saturated rings. The Morgan fingerprint density at radius 2 is 1.97 bits per heavy atom. The van der Waals surface area contributed by atoms with Crippen molar-refractivity contribution in [1.82, 2.24) is 19.5 Å². The lowest BCUT2D eigenvalue weighted by Crippen LogP contribution is -2.30. The van der Waals surface area contributed by atoms with Crippen LogP contribution in [0.25, 0.3) is 21.8 Å². The van der Waals surface area contributed by atoms with Crippen LogP contribution in [0.2, 0.25) is 0 Å². The summed E-state index contributed by atoms with van der Waals surface area (Å²) in [5.74, 6) is -0.929. The fourth-order valence-corrected chi connectivity index (χ4v) is 5.15. The maximum Gasteiger partial charge on any atom is 0.269 e. The molecular weight excluding hydrogens is 504 g/mol. The summed E-state index contributed by atoms with van der Waals surface area (Å²) in [4.78, 5) is 27.8. The average Bonchev–Trinajstić information content (AvgIpc) is 3.49. The number of carbonyl (C=O) groups is 1. The zero-order chi connectivity index (χ0) is 25.9. The first-order valence-electron chi connectivity index (χ1n) is 10.5. The van der Waals surface area contributed by atoms with Crippen LogP contribution in [0.5, 0.6) is 0 Å². The fourth-order valence-electron chi connectivity index (χ4n) is 3.34. The second-order valence-corrected chi connectivity index (χ2v) is 10.2. The maximum atomic E-state index is 13.1. The van der Waals surface area contributed by atoms with Crippen LogP contribution in [0.4, 0.5) is 5.69 Å². The molecule has 13 heteroatoms. The van der Waals surface area contributed by atoms with Crippen molar-refractivity contribution in [2.24, 2.45) is 0 Å². The molecule has 0 aliphatic carbocycles. The van der Waals surface area contributed by atoms with Crippen LogP contribution in [0.1, 0.15) is 22.5 Å². The minimum Gasteiger partial charge on any atom is -0.270 e. The number of benzene rings is 2. The number of amides is 1. The fraction of sp³-hybridized carbons (Fsp3) is 0.130. The minimum atomic E-state index is -4.26. The lowest BCUT2D eigenvalue weighted by Gasteiger charge is -2.08. The van der Waals surface area contributed by atoms with E-state index in [4.69, 9.17) is 5.26 Å². The molecule has 11 nitrogen and oxygen atoms in total. The van der Waals surface area contributed by atoms with E-state index in [1.54, 1.807) is 12.1 Å². The van der Waals surface area contributed by atoms with Crippen molar-refractivity contribution in [2.45, 2.75) is 24.8 Å². The molecule has 0 saturated carbocycles. The van der Waals surface area contributed by atoms with E-state index in [9.17, 15) is 23.3 Å². The first kappa shape index (κ1) is 24.7. The van der Waals surface area contributed by atoms with Gasteiger partial charge in [-0.2, -0.15) is 10.4 Å². The summed E-state index contributed by atoms with van der Waals surface area (Å²) in [5.41, 5.74) is 1.70. The quantitative estimate of drug-likeness (QED) is 0.269. The number of nitro benzene ring substituents is 1. The van der Waals surface area contributed by atoms with Crippen LogP contribution in [0, 0.1) is 28.4 Å². The van der Waals surface area contributed by atoms with Crippen molar-refractivity contribution in [2.75, 3.05) is 0 Å². The first-order chi connectivity index (χ1) is 17.2. The van der Waals surface area contributed by atoms with E-state index >= 15 is 0 Å². The van der Waals surface area contributed by atoms with Gasteiger partial charge in [-0.15, -0.1) is 11.3 Å². The Morgan fingerprint density at radius 3 is 2.61 bits per heavy atom. The van der Waals surface area contributed by atoms with Gasteiger partial charge in [-0.25, -0.2) is 18.1 Å². The Balaban J connectivity index is 1.66. The maximum absolute atomic E-state index is 13.1. The summed E-state index contributed by atoms with van der Waals surface area (Å²) in [5, 5.41) is 26.7. The summed E-state index contributed by atoms with van der Waals surface area (Å²) >= 11 is 1.37. The SMILES string of the molecule is Cc1csc(-c2cccc(S(=O)(=O)NC(=O)c3cn(CCC#N)nc3-c3ccc([N+](=O)[O-])cc3)c2)n1. The summed E-state index contributed by atoms with van der Waals surface area (Å²) in [6, 6.07) is 13.4. The van der Waals surface area contributed by atoms with Crippen LogP contribution in [0.15, 0.2) is 65.0 Å². The molecule has 182 valence electrons. The smallest absolute Gasteiger partial charge is 0.269 e. The molecule has 1 N–H and O–H groups in total. The molecule has 0 atom stereocenters. The van der Waals surface area contributed by atoms with Crippen molar-refractivity contribution >= 4 is 33.0 Å². The van der Waals surface area contributed by atoms with Crippen molar-refractivity contribution in [1.29, 1.82) is 5.26 Å². The number of carbonyl (C=O) groups excluding carboxylic acids is 1. The van der Waals surface area contributed by atoms with E-state index in [2.05, 4.69) is 14.8 Å². The number of aromatic nitrogens is 3. The molecule has 2 heterocycles. The highest BCUT2D eigenvalue weighted by Crippen LogP contribution is 2.27. The predicted molar refractivity (Wildman–Crippen MR) is 131 cm³/mol. The Labute approximate surface area is 209 Å². The number of aryl methyl sites for hydroxylation is 2. The number of rotatable bonds is 8. The number of nitrogens with one attached hydrogen (secondary N) is 1. The lowest BCUT2D eigenvalue weighted by molar-refractivity contribution is -0.384. The average molecular weight is 523 g/mol. The largest absolute Gasteiger partial charge is 0.270 e. The molecule has 4 rings (SSSR count). The van der Waals surface area contributed by atoms with Crippen molar-refractivity contribution in [3.63, 3.8) is 0 Å². The van der Waals surface area contributed by atoms with Crippen molar-refractivity contribution in [3.8, 4) is 27.9 Å². The topological polar surface area (TPSA) is 161 Å². The van der Waals surface area contributed by atoms with E-state index in [0.717, 1.165) is 5.69 Å². The van der Waals surface area contributed by atoms with Gasteiger partial charge in [0, 0.05) is 40.5 Å². The van der Waals surface area contributed by atoms with Crippen LogP contribution in [-0.4, -0.2) is 34.0 Å². The molecule has 1 amide bonds. The van der Waals surface area contributed by atoms with Crippen LogP contribution < -0.4 is 4.72 Å². The number of sulfonamides is 1. The van der Waals surface area contributed by atoms with Gasteiger partial charge in [-0.1, -0.05) is 12.1 Å². The van der Waals surface area contributed by atoms with Gasteiger partial charge in [0.1, 0.15) is 10.7 Å². The number of thiazole rings is 1. The first-order valence-corrected chi connectivity index (χ1v) is 12.8. The number of nitro groups is 1. The summed E-state index contributed by atoms with van der Waals surface area (Å²) in [6.45, 7) is 2.01. The molecule has 0 aliphatic heterocycles. The molecule has 2 aromatic carbocycles. The summed E-state index contributed by atoms with van der Waals surface area (Å²) in [6.07, 6.45) is 1.46. The zero-order valence-corrected chi connectivity index (χ0v) is 20.4. The van der Waals surface area contributed by atoms with Gasteiger partial charge in [-0.3, -0.25) is 19.6 Å². The van der Waals surface area contributed by atoms with Crippen LogP contribution in [-0.2, 0) is 16.6 Å². The Hall–Kier alpha value is -4.41. The molecule has 0 unspecified atom stereocenters. The Bertz CT molecular complexity index is 1600. The zero-order valence-electron chi connectivity index (χ0n) is 18.8. The molecule has 0 aliphatic rings. The molecule has 4 aromatic rings. The van der Waals surface area contributed by atoms with Gasteiger partial charge in [0.2, 0.25) is 0 Å². The monoisotopic (exact) mass is 522 g/mol. The molecule has 0 saturated heterocycles. The van der Waals surface area contributed by atoms with E-state index in [1.165, 1.54) is 58.6 Å². The van der Waals surface area contributed by atoms with E-state index < -0.39 is 20.9 Å². The normalized spacial score (nSPS) is 11.1. The van der Waals surface area contributed by atoms with Gasteiger partial charge in [0.05, 0.1) is 34.4 Å². The van der Waals surface area contributed by atoms with E-state index in [1.807, 2.05) is 18.4 Å². The van der Waals surface area contributed by atoms with E-state index in [0.29, 0.717) is 16.1 Å². The second-order valence-electron chi connectivity index (χ2n) is 7.62. The van der Waals surface area contributed by atoms with Crippen LogP contribution in [0.3, 0.4) is 0 Å². The van der Waals surface area contributed by atoms with Crippen molar-refractivity contribution in [3.05, 3.63) is 81.5 Å². The molecule has 0 radical (unpaired) electrons. The number of nitrogens with zero attached hydrogens (tertiary/aromatic N) is 5. The lowest BCUT2D eigenvalue weighted by atomic mass is 10.1. The summed E-state index contributed by atoms with van der Waals surface area (Å²) < 4.78 is 29.5. The van der Waals surface area contributed by atoms with Crippen molar-refractivity contribution < 1.29 is 18.1 Å². The molecule has 2 aromatic heterocycles. The molecule has 0 spiro atoms. The third-order valence-electron chi connectivity index (χ3n) is 5.05. The highest BCUT2D eigenvalue weighted by atomic mass is 32.2. The number of hydrogen-bond acceptors (Lipinski definition) is 9. The van der Waals surface area contributed by atoms with Gasteiger partial charge in [0.15, 0.2) is 0 Å². The highest BCUT2D eigenvalue weighted by Gasteiger charge is 2.24. The van der Waals surface area contributed by atoms with Gasteiger partial charge in [0.25, 0.3) is 21.6 Å². The second kappa shape index (κ2) is 10.1. The van der Waals surface area contributed by atoms with Gasteiger partial charge >= 0.3 is 0 Å². The van der Waals surface area contributed by atoms with Gasteiger partial charge < -0.3 is 0 Å². The standard InChI is InChI=1S/C23H18N6O5S2/c1-15-14-35-23(25-15)17-4-2-5-19(12-17)36(33,34)27-22(30)20-13-28(11-3-10-24)26-21(20)16-6-8-18(9-7-16)29(31)32/h2,4-9,12-14H,3,11H2,1H3,(H,27,30). The van der Waals surface area contributed by atoms with E-state index in [-0.39, 0.29) is 34.8 Å². The number of non-ortho nitro benzene ring substituents is 1. The minimum absolute atomic E-state index is 0.0583. The predicted octanol–water partition coefficient (Wildman–Crippen LogP) is 3.92. The third-order valence-corrected chi connectivity index (χ3v) is 7.39. The number of hydrogen-bond donors (Lipinski definition) is 1. The molecule has 0 bridgehead atoms. The third kappa shape index (κ3) is 5.29. The van der Waals surface area contributed by atoms with Gasteiger partial charge in [-0.05, 0) is 31.2 Å². The Kier molecular flexibility index (Phi) is 6.91. The molecule has 36 heavy (non-hydrogen) atoms. The van der Waals surface area contributed by atoms with Crippen LogP contribution >= 0.6 is 11.3 Å². The molecular formula is C23H18N6O5S2. The Morgan fingerprint density at radius 1 is 1.22 bits per heavy atom. The highest BCUT2D eigenvalue weighted by molar-refractivity contribution is 7.90. The summed E-state index contributed by atoms with van der Waals surface area (Å²) in [7, 11) is -4.26.